The Morgan fingerprint density at radius 2 is 2.14 bits per heavy atom. The molecule has 0 saturated heterocycles. The second kappa shape index (κ2) is 6.28. The van der Waals surface area contributed by atoms with Crippen LogP contribution in [0.25, 0.3) is 0 Å². The van der Waals surface area contributed by atoms with Crippen molar-refractivity contribution in [2.45, 2.75) is 39.0 Å². The SMILES string of the molecule is CC(CCl)CNC(=O)CC1CCCC1. The smallest absolute Gasteiger partial charge is 0.220 e. The van der Waals surface area contributed by atoms with E-state index in [1.165, 1.54) is 25.7 Å². The standard InChI is InChI=1S/C11H20ClNO/c1-9(7-12)8-13-11(14)6-10-4-2-3-5-10/h9-10H,2-8H2,1H3,(H,13,14). The third kappa shape index (κ3) is 4.32. The van der Waals surface area contributed by atoms with Gasteiger partial charge in [-0.15, -0.1) is 11.6 Å². The molecule has 0 spiro atoms. The molecule has 14 heavy (non-hydrogen) atoms. The van der Waals surface area contributed by atoms with Crippen LogP contribution < -0.4 is 5.32 Å². The van der Waals surface area contributed by atoms with Gasteiger partial charge in [0.1, 0.15) is 0 Å². The Balaban J connectivity index is 2.09. The first kappa shape index (κ1) is 11.8. The van der Waals surface area contributed by atoms with E-state index in [0.717, 1.165) is 13.0 Å². The number of amides is 1. The minimum absolute atomic E-state index is 0.203. The summed E-state index contributed by atoms with van der Waals surface area (Å²) in [6.07, 6.45) is 5.79. The highest BCUT2D eigenvalue weighted by Crippen LogP contribution is 2.27. The van der Waals surface area contributed by atoms with E-state index in [1.54, 1.807) is 0 Å². The van der Waals surface area contributed by atoms with Crippen LogP contribution in [0.5, 0.6) is 0 Å². The molecule has 0 heterocycles. The highest BCUT2D eigenvalue weighted by molar-refractivity contribution is 6.18. The maximum absolute atomic E-state index is 11.5. The Morgan fingerprint density at radius 3 is 2.71 bits per heavy atom. The molecule has 0 aliphatic heterocycles. The Morgan fingerprint density at radius 1 is 1.50 bits per heavy atom. The fourth-order valence-corrected chi connectivity index (χ4v) is 2.00. The van der Waals surface area contributed by atoms with Crippen molar-refractivity contribution in [2.24, 2.45) is 11.8 Å². The van der Waals surface area contributed by atoms with Crippen LogP contribution in [0.15, 0.2) is 0 Å². The molecule has 82 valence electrons. The Bertz CT molecular complexity index is 178. The van der Waals surface area contributed by atoms with E-state index in [4.69, 9.17) is 11.6 Å². The fraction of sp³-hybridized carbons (Fsp3) is 0.909. The molecule has 1 aliphatic carbocycles. The van der Waals surface area contributed by atoms with E-state index >= 15 is 0 Å². The van der Waals surface area contributed by atoms with Crippen LogP contribution in [0.2, 0.25) is 0 Å². The third-order valence-electron chi connectivity index (χ3n) is 2.86. The summed E-state index contributed by atoms with van der Waals surface area (Å²) in [7, 11) is 0. The van der Waals surface area contributed by atoms with Gasteiger partial charge in [-0.3, -0.25) is 4.79 Å². The molecule has 2 nitrogen and oxygen atoms in total. The second-order valence-electron chi connectivity index (χ2n) is 4.42. The summed E-state index contributed by atoms with van der Waals surface area (Å²) in [4.78, 5) is 11.5. The van der Waals surface area contributed by atoms with Gasteiger partial charge in [0.2, 0.25) is 5.91 Å². The molecule has 1 unspecified atom stereocenters. The molecule has 0 radical (unpaired) electrons. The topological polar surface area (TPSA) is 29.1 Å². The number of alkyl halides is 1. The Hall–Kier alpha value is -0.240. The molecule has 1 rings (SSSR count). The maximum Gasteiger partial charge on any atom is 0.220 e. The van der Waals surface area contributed by atoms with Gasteiger partial charge in [-0.1, -0.05) is 19.8 Å². The molecule has 0 aromatic heterocycles. The first-order chi connectivity index (χ1) is 6.72. The van der Waals surface area contributed by atoms with E-state index in [-0.39, 0.29) is 5.91 Å². The van der Waals surface area contributed by atoms with Crippen molar-refractivity contribution >= 4 is 17.5 Å². The van der Waals surface area contributed by atoms with Gasteiger partial charge in [-0.2, -0.15) is 0 Å². The molecule has 0 aromatic carbocycles. The van der Waals surface area contributed by atoms with Crippen LogP contribution in [0.4, 0.5) is 0 Å². The number of carbonyl (C=O) groups excluding carboxylic acids is 1. The van der Waals surface area contributed by atoms with E-state index in [9.17, 15) is 4.79 Å². The van der Waals surface area contributed by atoms with Gasteiger partial charge < -0.3 is 5.32 Å². The lowest BCUT2D eigenvalue weighted by atomic mass is 10.0. The molecule has 0 bridgehead atoms. The first-order valence-electron chi connectivity index (χ1n) is 5.55. The molecule has 1 atom stereocenters. The van der Waals surface area contributed by atoms with Gasteiger partial charge in [0, 0.05) is 18.8 Å². The van der Waals surface area contributed by atoms with Crippen LogP contribution in [-0.2, 0) is 4.79 Å². The summed E-state index contributed by atoms with van der Waals surface area (Å²) in [5, 5.41) is 2.94. The van der Waals surface area contributed by atoms with Crippen LogP contribution in [-0.4, -0.2) is 18.3 Å². The van der Waals surface area contributed by atoms with Crippen molar-refractivity contribution in [3.05, 3.63) is 0 Å². The Labute approximate surface area is 91.4 Å². The van der Waals surface area contributed by atoms with E-state index < -0.39 is 0 Å². The predicted molar refractivity (Wildman–Crippen MR) is 59.5 cm³/mol. The average molecular weight is 218 g/mol. The van der Waals surface area contributed by atoms with Crippen LogP contribution in [0, 0.1) is 11.8 Å². The van der Waals surface area contributed by atoms with Crippen molar-refractivity contribution < 1.29 is 4.79 Å². The van der Waals surface area contributed by atoms with Crippen molar-refractivity contribution in [2.75, 3.05) is 12.4 Å². The molecule has 1 fully saturated rings. The van der Waals surface area contributed by atoms with Crippen LogP contribution in [0.3, 0.4) is 0 Å². The van der Waals surface area contributed by atoms with Gasteiger partial charge in [-0.05, 0) is 24.7 Å². The van der Waals surface area contributed by atoms with Gasteiger partial charge in [-0.25, -0.2) is 0 Å². The molecule has 1 N–H and O–H groups in total. The lowest BCUT2D eigenvalue weighted by Gasteiger charge is -2.11. The monoisotopic (exact) mass is 217 g/mol. The molecule has 1 saturated carbocycles. The minimum atomic E-state index is 0.203. The summed E-state index contributed by atoms with van der Waals surface area (Å²) < 4.78 is 0. The maximum atomic E-state index is 11.5. The van der Waals surface area contributed by atoms with E-state index in [0.29, 0.717) is 17.7 Å². The number of halogens is 1. The molecule has 1 aliphatic rings. The van der Waals surface area contributed by atoms with E-state index in [2.05, 4.69) is 5.32 Å². The molecule has 3 heteroatoms. The van der Waals surface area contributed by atoms with Gasteiger partial charge in [0.05, 0.1) is 0 Å². The summed E-state index contributed by atoms with van der Waals surface area (Å²) in [5.74, 6) is 1.84. The molecular formula is C11H20ClNO. The lowest BCUT2D eigenvalue weighted by molar-refractivity contribution is -0.122. The number of nitrogens with one attached hydrogen (secondary N) is 1. The summed E-state index contributed by atoms with van der Waals surface area (Å²) in [6, 6.07) is 0. The van der Waals surface area contributed by atoms with Crippen LogP contribution >= 0.6 is 11.6 Å². The average Bonchev–Trinajstić information content (AvgIpc) is 2.66. The number of carbonyl (C=O) groups is 1. The summed E-state index contributed by atoms with van der Waals surface area (Å²) >= 11 is 5.65. The highest BCUT2D eigenvalue weighted by Gasteiger charge is 2.18. The third-order valence-corrected chi connectivity index (χ3v) is 3.39. The van der Waals surface area contributed by atoms with Crippen molar-refractivity contribution in [1.29, 1.82) is 0 Å². The van der Waals surface area contributed by atoms with Gasteiger partial charge >= 0.3 is 0 Å². The normalized spacial score (nSPS) is 19.6. The minimum Gasteiger partial charge on any atom is -0.356 e. The van der Waals surface area contributed by atoms with Gasteiger partial charge in [0.15, 0.2) is 0 Å². The zero-order valence-electron chi connectivity index (χ0n) is 8.89. The van der Waals surface area contributed by atoms with Gasteiger partial charge in [0.25, 0.3) is 0 Å². The number of hydrogen-bond donors (Lipinski definition) is 1. The van der Waals surface area contributed by atoms with Crippen molar-refractivity contribution in [3.8, 4) is 0 Å². The Kier molecular flexibility index (Phi) is 5.31. The number of rotatable bonds is 5. The van der Waals surface area contributed by atoms with Crippen molar-refractivity contribution in [1.82, 2.24) is 5.32 Å². The quantitative estimate of drug-likeness (QED) is 0.705. The molecular weight excluding hydrogens is 198 g/mol. The second-order valence-corrected chi connectivity index (χ2v) is 4.73. The lowest BCUT2D eigenvalue weighted by Crippen LogP contribution is -2.29. The van der Waals surface area contributed by atoms with E-state index in [1.807, 2.05) is 6.92 Å². The highest BCUT2D eigenvalue weighted by atomic mass is 35.5. The summed E-state index contributed by atoms with van der Waals surface area (Å²) in [5.41, 5.74) is 0. The number of hydrogen-bond acceptors (Lipinski definition) is 1. The summed E-state index contributed by atoms with van der Waals surface area (Å²) in [6.45, 7) is 2.76. The molecule has 0 aromatic rings. The zero-order chi connectivity index (χ0) is 10.4. The predicted octanol–water partition coefficient (Wildman–Crippen LogP) is 2.56. The first-order valence-corrected chi connectivity index (χ1v) is 6.08. The largest absolute Gasteiger partial charge is 0.356 e. The van der Waals surface area contributed by atoms with Crippen LogP contribution in [0.1, 0.15) is 39.0 Å². The zero-order valence-corrected chi connectivity index (χ0v) is 9.65. The van der Waals surface area contributed by atoms with Crippen molar-refractivity contribution in [3.63, 3.8) is 0 Å². The fourth-order valence-electron chi connectivity index (χ4n) is 1.89. The molecule has 1 amide bonds.